The Morgan fingerprint density at radius 1 is 1.26 bits per heavy atom. The molecule has 4 N–H and O–H groups in total. The van der Waals surface area contributed by atoms with Gasteiger partial charge in [-0.1, -0.05) is 6.07 Å². The molecule has 1 aromatic carbocycles. The normalized spacial score (nSPS) is 25.1. The van der Waals surface area contributed by atoms with Crippen molar-refractivity contribution in [2.24, 2.45) is 0 Å². The molecule has 0 radical (unpaired) electrons. The fourth-order valence-electron chi connectivity index (χ4n) is 3.02. The molecule has 0 unspecified atom stereocenters. The number of fused-ring (bicyclic) bond motifs is 1. The summed E-state index contributed by atoms with van der Waals surface area (Å²) in [6, 6.07) is 7.61. The van der Waals surface area contributed by atoms with Gasteiger partial charge in [-0.2, -0.15) is 0 Å². The Bertz CT molecular complexity index is 952. The molecule has 0 bridgehead atoms. The van der Waals surface area contributed by atoms with E-state index in [4.69, 9.17) is 15.2 Å². The Balaban J connectivity index is 1.51. The van der Waals surface area contributed by atoms with Gasteiger partial charge in [-0.25, -0.2) is 15.0 Å². The molecule has 3 heterocycles. The van der Waals surface area contributed by atoms with Crippen molar-refractivity contribution in [2.75, 3.05) is 18.6 Å². The number of nitrogens with two attached hydrogens (primary N) is 1. The zero-order chi connectivity index (χ0) is 19.0. The highest BCUT2D eigenvalue weighted by molar-refractivity contribution is 7.99. The summed E-state index contributed by atoms with van der Waals surface area (Å²) in [5, 5.41) is 20.9. The number of thioether (sulfide) groups is 1. The molecule has 10 heteroatoms. The van der Waals surface area contributed by atoms with E-state index in [1.165, 1.54) is 24.4 Å². The number of imidazole rings is 1. The van der Waals surface area contributed by atoms with Crippen molar-refractivity contribution in [2.45, 2.75) is 29.4 Å². The van der Waals surface area contributed by atoms with Crippen LogP contribution in [0.4, 0.5) is 5.82 Å². The van der Waals surface area contributed by atoms with E-state index < -0.39 is 24.5 Å². The summed E-state index contributed by atoms with van der Waals surface area (Å²) >= 11 is 1.51. The van der Waals surface area contributed by atoms with E-state index in [0.29, 0.717) is 16.9 Å². The molecule has 1 fully saturated rings. The largest absolute Gasteiger partial charge is 0.497 e. The lowest BCUT2D eigenvalue weighted by molar-refractivity contribution is -0.0289. The van der Waals surface area contributed by atoms with Gasteiger partial charge < -0.3 is 25.4 Å². The molecule has 0 amide bonds. The van der Waals surface area contributed by atoms with Crippen LogP contribution in [-0.2, 0) is 4.74 Å². The highest BCUT2D eigenvalue weighted by Crippen LogP contribution is 2.35. The second-order valence-electron chi connectivity index (χ2n) is 6.12. The molecule has 3 aromatic rings. The van der Waals surface area contributed by atoms with E-state index in [1.54, 1.807) is 11.7 Å². The molecule has 0 aliphatic carbocycles. The number of ether oxygens (including phenoxy) is 2. The predicted octanol–water partition coefficient (Wildman–Crippen LogP) is 0.829. The number of aliphatic hydroxyl groups excluding tert-OH is 2. The van der Waals surface area contributed by atoms with E-state index in [1.807, 2.05) is 24.3 Å². The van der Waals surface area contributed by atoms with Crippen molar-refractivity contribution < 1.29 is 19.7 Å². The summed E-state index contributed by atoms with van der Waals surface area (Å²) in [6.07, 6.45) is -0.718. The number of methoxy groups -OCH3 is 1. The topological polar surface area (TPSA) is 129 Å². The molecule has 1 aliphatic heterocycles. The first-order valence-electron chi connectivity index (χ1n) is 8.30. The summed E-state index contributed by atoms with van der Waals surface area (Å²) in [4.78, 5) is 13.2. The van der Waals surface area contributed by atoms with Gasteiger partial charge in [-0.05, 0) is 18.2 Å². The molecule has 9 nitrogen and oxygen atoms in total. The molecule has 2 aromatic heterocycles. The fraction of sp³-hybridized carbons (Fsp3) is 0.353. The number of rotatable bonds is 5. The van der Waals surface area contributed by atoms with Gasteiger partial charge in [0.1, 0.15) is 29.8 Å². The van der Waals surface area contributed by atoms with Crippen LogP contribution in [0.1, 0.15) is 6.23 Å². The van der Waals surface area contributed by atoms with Gasteiger partial charge in [-0.15, -0.1) is 11.8 Å². The number of benzene rings is 1. The Kier molecular flexibility index (Phi) is 4.87. The molecule has 1 aliphatic rings. The van der Waals surface area contributed by atoms with E-state index >= 15 is 0 Å². The van der Waals surface area contributed by atoms with E-state index in [2.05, 4.69) is 15.0 Å². The Hall–Kier alpha value is -2.40. The number of hydrogen-bond acceptors (Lipinski definition) is 9. The van der Waals surface area contributed by atoms with Crippen molar-refractivity contribution in [3.63, 3.8) is 0 Å². The Morgan fingerprint density at radius 2 is 2.11 bits per heavy atom. The summed E-state index contributed by atoms with van der Waals surface area (Å²) in [6.45, 7) is 0. The van der Waals surface area contributed by atoms with Crippen LogP contribution in [-0.4, -0.2) is 60.9 Å². The van der Waals surface area contributed by atoms with Gasteiger partial charge in [0.15, 0.2) is 17.7 Å². The third-order valence-corrected chi connectivity index (χ3v) is 5.54. The summed E-state index contributed by atoms with van der Waals surface area (Å²) < 4.78 is 12.7. The standard InChI is InChI=1S/C17H19N5O4S/c1-25-9-3-2-4-10(5-9)27-6-11-13(23)14(24)17(26-11)22-8-21-12-15(18)19-7-20-16(12)22/h2-5,7-8,11,13-14,17,23-24H,6H2,1H3,(H2,18,19,20)/t11-,13-,14-,17-/m1/s1. The predicted molar refractivity (Wildman–Crippen MR) is 99.4 cm³/mol. The first-order chi connectivity index (χ1) is 13.1. The summed E-state index contributed by atoms with van der Waals surface area (Å²) in [5.41, 5.74) is 6.67. The molecular weight excluding hydrogens is 370 g/mol. The molecule has 4 rings (SSSR count). The van der Waals surface area contributed by atoms with Crippen LogP contribution in [0, 0.1) is 0 Å². The maximum atomic E-state index is 10.5. The maximum absolute atomic E-state index is 10.5. The van der Waals surface area contributed by atoms with Gasteiger partial charge in [0.25, 0.3) is 0 Å². The molecule has 27 heavy (non-hydrogen) atoms. The van der Waals surface area contributed by atoms with Gasteiger partial charge >= 0.3 is 0 Å². The lowest BCUT2D eigenvalue weighted by atomic mass is 10.1. The SMILES string of the molecule is COc1cccc(SC[C@H]2O[C@@H](n3cnc4c(N)ncnc43)[C@H](O)[C@@H]2O)c1. The maximum Gasteiger partial charge on any atom is 0.167 e. The van der Waals surface area contributed by atoms with Crippen molar-refractivity contribution >= 4 is 28.7 Å². The van der Waals surface area contributed by atoms with Crippen molar-refractivity contribution in [1.82, 2.24) is 19.5 Å². The number of nitrogen functional groups attached to an aromatic ring is 1. The smallest absolute Gasteiger partial charge is 0.167 e. The average Bonchev–Trinajstić information content (AvgIpc) is 3.23. The highest BCUT2D eigenvalue weighted by Gasteiger charge is 2.44. The zero-order valence-electron chi connectivity index (χ0n) is 14.5. The minimum absolute atomic E-state index is 0.247. The van der Waals surface area contributed by atoms with Crippen molar-refractivity contribution in [1.29, 1.82) is 0 Å². The quantitative estimate of drug-likeness (QED) is 0.543. The minimum atomic E-state index is -1.12. The Morgan fingerprint density at radius 3 is 2.93 bits per heavy atom. The van der Waals surface area contributed by atoms with Crippen molar-refractivity contribution in [3.8, 4) is 5.75 Å². The van der Waals surface area contributed by atoms with Crippen LogP contribution in [0.3, 0.4) is 0 Å². The number of aliphatic hydroxyl groups is 2. The lowest BCUT2D eigenvalue weighted by Gasteiger charge is -2.16. The monoisotopic (exact) mass is 389 g/mol. The van der Waals surface area contributed by atoms with Crippen molar-refractivity contribution in [3.05, 3.63) is 36.9 Å². The Labute approximate surface area is 159 Å². The van der Waals surface area contributed by atoms with Crippen LogP contribution < -0.4 is 10.5 Å². The molecule has 0 spiro atoms. The van der Waals surface area contributed by atoms with Crippen LogP contribution in [0.25, 0.3) is 11.2 Å². The van der Waals surface area contributed by atoms with Gasteiger partial charge in [0.05, 0.1) is 19.5 Å². The first-order valence-corrected chi connectivity index (χ1v) is 9.28. The number of anilines is 1. The zero-order valence-corrected chi connectivity index (χ0v) is 15.3. The average molecular weight is 389 g/mol. The number of hydrogen-bond donors (Lipinski definition) is 3. The molecule has 4 atom stereocenters. The molecule has 142 valence electrons. The third kappa shape index (κ3) is 3.32. The van der Waals surface area contributed by atoms with Crippen LogP contribution in [0.5, 0.6) is 5.75 Å². The van der Waals surface area contributed by atoms with Gasteiger partial charge in [-0.3, -0.25) is 4.57 Å². The first kappa shape index (κ1) is 18.0. The highest BCUT2D eigenvalue weighted by atomic mass is 32.2. The van der Waals surface area contributed by atoms with Crippen LogP contribution in [0.15, 0.2) is 41.8 Å². The van der Waals surface area contributed by atoms with Gasteiger partial charge in [0, 0.05) is 10.6 Å². The third-order valence-electron chi connectivity index (χ3n) is 4.45. The lowest BCUT2D eigenvalue weighted by Crippen LogP contribution is -2.32. The molecular formula is C17H19N5O4S. The second-order valence-corrected chi connectivity index (χ2v) is 7.21. The summed E-state index contributed by atoms with van der Waals surface area (Å²) in [7, 11) is 1.61. The molecule has 0 saturated carbocycles. The second kappa shape index (κ2) is 7.31. The van der Waals surface area contributed by atoms with E-state index in [-0.39, 0.29) is 5.82 Å². The van der Waals surface area contributed by atoms with Crippen LogP contribution >= 0.6 is 11.8 Å². The van der Waals surface area contributed by atoms with Gasteiger partial charge in [0.2, 0.25) is 0 Å². The van der Waals surface area contributed by atoms with E-state index in [9.17, 15) is 10.2 Å². The number of aromatic nitrogens is 4. The minimum Gasteiger partial charge on any atom is -0.497 e. The fourth-order valence-corrected chi connectivity index (χ4v) is 4.03. The van der Waals surface area contributed by atoms with Crippen LogP contribution in [0.2, 0.25) is 0 Å². The number of nitrogens with zero attached hydrogens (tertiary/aromatic N) is 4. The molecule has 1 saturated heterocycles. The summed E-state index contributed by atoms with van der Waals surface area (Å²) in [5.74, 6) is 1.47. The van der Waals surface area contributed by atoms with E-state index in [0.717, 1.165) is 10.6 Å².